The third-order valence-corrected chi connectivity index (χ3v) is 2.62. The number of aryl methyl sites for hydroxylation is 1. The third-order valence-electron chi connectivity index (χ3n) is 1.22. The summed E-state index contributed by atoms with van der Waals surface area (Å²) in [4.78, 5) is 0. The minimum absolute atomic E-state index is 0.848. The van der Waals surface area contributed by atoms with Gasteiger partial charge in [-0.1, -0.05) is 0 Å². The van der Waals surface area contributed by atoms with Crippen LogP contribution >= 0.6 is 0 Å². The topological polar surface area (TPSA) is 0 Å². The van der Waals surface area contributed by atoms with Crippen molar-refractivity contribution in [3.8, 4) is 0 Å². The molecule has 0 atom stereocenters. The van der Waals surface area contributed by atoms with Crippen molar-refractivity contribution >= 4 is 22.7 Å². The van der Waals surface area contributed by atoms with Gasteiger partial charge in [-0.2, -0.15) is 0 Å². The predicted octanol–water partition coefficient (Wildman–Crippen LogP) is 0.253. The molecular formula is C7H9Ga. The first-order valence-corrected chi connectivity index (χ1v) is 4.92. The van der Waals surface area contributed by atoms with Crippen molar-refractivity contribution in [2.45, 2.75) is 6.92 Å². The quantitative estimate of drug-likeness (QED) is 0.481. The molecular weight excluding hydrogens is 154 g/mol. The number of rotatable bonds is 0. The van der Waals surface area contributed by atoms with Crippen LogP contribution in [0.1, 0.15) is 5.56 Å². The Kier molecular flexibility index (Phi) is 1.81. The van der Waals surface area contributed by atoms with Crippen molar-refractivity contribution < 1.29 is 0 Å². The van der Waals surface area contributed by atoms with Crippen LogP contribution < -0.4 is 4.12 Å². The Morgan fingerprint density at radius 3 is 2.00 bits per heavy atom. The number of hydrogen-bond donors (Lipinski definition) is 0. The maximum absolute atomic E-state index is 2.20. The van der Waals surface area contributed by atoms with E-state index in [9.17, 15) is 0 Å². The average molecular weight is 163 g/mol. The molecule has 0 spiro atoms. The average Bonchev–Trinajstić information content (AvgIpc) is 1.77. The molecule has 8 heavy (non-hydrogen) atoms. The molecule has 1 aromatic carbocycles. The molecule has 0 nitrogen and oxygen atoms in total. The van der Waals surface area contributed by atoms with Gasteiger partial charge < -0.3 is 0 Å². The van der Waals surface area contributed by atoms with Crippen LogP contribution in [0.4, 0.5) is 0 Å². The molecule has 0 unspecified atom stereocenters. The van der Waals surface area contributed by atoms with E-state index in [2.05, 4.69) is 31.2 Å². The molecule has 1 heteroatoms. The van der Waals surface area contributed by atoms with Gasteiger partial charge in [-0.05, 0) is 0 Å². The molecule has 0 radical (unpaired) electrons. The maximum atomic E-state index is 2.20. The first-order chi connectivity index (χ1) is 3.79. The Hall–Kier alpha value is -0.144. The van der Waals surface area contributed by atoms with Gasteiger partial charge in [-0.3, -0.25) is 0 Å². The fraction of sp³-hybridized carbons (Fsp3) is 0.143. The van der Waals surface area contributed by atoms with Crippen LogP contribution in [-0.2, 0) is 0 Å². The van der Waals surface area contributed by atoms with E-state index >= 15 is 0 Å². The molecule has 0 saturated carbocycles. The van der Waals surface area contributed by atoms with Gasteiger partial charge in [0.2, 0.25) is 0 Å². The van der Waals surface area contributed by atoms with Crippen LogP contribution in [-0.4, -0.2) is 18.6 Å². The Morgan fingerprint density at radius 2 is 1.62 bits per heavy atom. The summed E-state index contributed by atoms with van der Waals surface area (Å²) < 4.78 is 1.52. The van der Waals surface area contributed by atoms with Gasteiger partial charge in [-0.15, -0.1) is 0 Å². The minimum atomic E-state index is 0.848. The van der Waals surface area contributed by atoms with Crippen molar-refractivity contribution in [2.24, 2.45) is 0 Å². The molecule has 0 N–H and O–H groups in total. The zero-order valence-electron chi connectivity index (χ0n) is 5.31. The van der Waals surface area contributed by atoms with Crippen molar-refractivity contribution in [3.05, 3.63) is 29.8 Å². The first-order valence-electron chi connectivity index (χ1n) is 2.82. The van der Waals surface area contributed by atoms with E-state index in [1.54, 1.807) is 0 Å². The van der Waals surface area contributed by atoms with E-state index < -0.39 is 0 Å². The normalized spacial score (nSPS) is 9.12. The van der Waals surface area contributed by atoms with E-state index in [0.29, 0.717) is 0 Å². The standard InChI is InChI=1S/C7H7.Ga.2H/c1-7-5-3-2-4-6-7;;;/h3-6H,1H3;;;. The second kappa shape index (κ2) is 2.42. The molecule has 0 amide bonds. The van der Waals surface area contributed by atoms with Crippen LogP contribution in [0, 0.1) is 6.92 Å². The van der Waals surface area contributed by atoms with Crippen molar-refractivity contribution in [3.63, 3.8) is 0 Å². The van der Waals surface area contributed by atoms with E-state index in [1.807, 2.05) is 0 Å². The van der Waals surface area contributed by atoms with E-state index in [1.165, 1.54) is 9.68 Å². The Morgan fingerprint density at radius 1 is 1.12 bits per heavy atom. The van der Waals surface area contributed by atoms with E-state index in [-0.39, 0.29) is 0 Å². The van der Waals surface area contributed by atoms with E-state index in [4.69, 9.17) is 0 Å². The summed E-state index contributed by atoms with van der Waals surface area (Å²) in [5, 5.41) is 0. The zero-order chi connectivity index (χ0) is 5.98. The summed E-state index contributed by atoms with van der Waals surface area (Å²) in [5.41, 5.74) is 1.36. The van der Waals surface area contributed by atoms with Crippen molar-refractivity contribution in [1.29, 1.82) is 0 Å². The van der Waals surface area contributed by atoms with Gasteiger partial charge in [0.1, 0.15) is 0 Å². The van der Waals surface area contributed by atoms with Crippen LogP contribution in [0.25, 0.3) is 0 Å². The molecule has 0 bridgehead atoms. The molecule has 0 fully saturated rings. The summed E-state index contributed by atoms with van der Waals surface area (Å²) in [6, 6.07) is 8.74. The molecule has 1 rings (SSSR count). The van der Waals surface area contributed by atoms with Crippen molar-refractivity contribution in [2.75, 3.05) is 0 Å². The van der Waals surface area contributed by atoms with Gasteiger partial charge in [0.25, 0.3) is 0 Å². The zero-order valence-corrected chi connectivity index (χ0v) is 9.51. The van der Waals surface area contributed by atoms with Gasteiger partial charge >= 0.3 is 59.5 Å². The Bertz CT molecular complexity index is 143. The molecule has 0 aliphatic rings. The Balaban J connectivity index is 3.03. The third kappa shape index (κ3) is 1.42. The van der Waals surface area contributed by atoms with E-state index in [0.717, 1.165) is 18.6 Å². The predicted molar refractivity (Wildman–Crippen MR) is 39.4 cm³/mol. The second-order valence-electron chi connectivity index (χ2n) is 2.15. The molecule has 0 aromatic heterocycles. The molecule has 1 aromatic rings. The van der Waals surface area contributed by atoms with Gasteiger partial charge in [0.05, 0.1) is 0 Å². The molecule has 0 saturated heterocycles. The van der Waals surface area contributed by atoms with Crippen molar-refractivity contribution in [1.82, 2.24) is 0 Å². The van der Waals surface area contributed by atoms with Gasteiger partial charge in [-0.25, -0.2) is 0 Å². The molecule has 0 heterocycles. The summed E-state index contributed by atoms with van der Waals surface area (Å²) in [6.07, 6.45) is 0. The monoisotopic (exact) mass is 162 g/mol. The van der Waals surface area contributed by atoms with Crippen LogP contribution in [0.3, 0.4) is 0 Å². The summed E-state index contributed by atoms with van der Waals surface area (Å²) in [7, 11) is 0. The molecule has 0 aliphatic heterocycles. The fourth-order valence-electron chi connectivity index (χ4n) is 0.637. The summed E-state index contributed by atoms with van der Waals surface area (Å²) in [5.74, 6) is 0. The molecule has 0 aliphatic carbocycles. The number of hydrogen-bond acceptors (Lipinski definition) is 0. The van der Waals surface area contributed by atoms with Crippen LogP contribution in [0.5, 0.6) is 0 Å². The second-order valence-corrected chi connectivity index (χ2v) is 4.58. The van der Waals surface area contributed by atoms with Gasteiger partial charge in [0.15, 0.2) is 0 Å². The van der Waals surface area contributed by atoms with Crippen LogP contribution in [0.15, 0.2) is 24.3 Å². The summed E-state index contributed by atoms with van der Waals surface area (Å²) >= 11 is 0.848. The SMILES string of the molecule is Cc1cc[c]([GaH2])cc1. The summed E-state index contributed by atoms with van der Waals surface area (Å²) in [6.45, 7) is 2.12. The van der Waals surface area contributed by atoms with Crippen LogP contribution in [0.2, 0.25) is 0 Å². The fourth-order valence-corrected chi connectivity index (χ4v) is 1.34. The first kappa shape index (κ1) is 5.98. The number of benzene rings is 1. The Labute approximate surface area is 59.8 Å². The van der Waals surface area contributed by atoms with Gasteiger partial charge in [0, 0.05) is 0 Å². The molecule has 40 valence electrons.